The van der Waals surface area contributed by atoms with Crippen molar-refractivity contribution in [3.8, 4) is 22.5 Å². The Hall–Kier alpha value is -5.34. The highest BCUT2D eigenvalue weighted by atomic mass is 14.9. The SMILES string of the molecule is CCCCc1ccc(-c2cc3cc4c(cc(-c5ccc(CCCC)cc5)n5c6ccccc6c(C)c45)cc3c3c(C)c4ccccc4n23)cc1. The maximum absolute atomic E-state index is 2.52. The van der Waals surface area contributed by atoms with Gasteiger partial charge in [-0.05, 0) is 120 Å². The second-order valence-corrected chi connectivity index (χ2v) is 14.3. The van der Waals surface area contributed by atoms with Gasteiger partial charge in [0, 0.05) is 21.5 Å². The maximum atomic E-state index is 2.52. The van der Waals surface area contributed by atoms with Crippen LogP contribution in [0.15, 0.2) is 121 Å². The van der Waals surface area contributed by atoms with E-state index in [0.717, 1.165) is 12.8 Å². The summed E-state index contributed by atoms with van der Waals surface area (Å²) in [6, 6.07) is 46.3. The number of rotatable bonds is 8. The second kappa shape index (κ2) is 12.2. The van der Waals surface area contributed by atoms with Gasteiger partial charge < -0.3 is 8.80 Å². The largest absolute Gasteiger partial charge is 0.308 e. The van der Waals surface area contributed by atoms with Crippen molar-refractivity contribution >= 4 is 54.4 Å². The van der Waals surface area contributed by atoms with Crippen LogP contribution >= 0.6 is 0 Å². The van der Waals surface area contributed by atoms with E-state index < -0.39 is 0 Å². The van der Waals surface area contributed by atoms with Crippen molar-refractivity contribution in [1.29, 1.82) is 0 Å². The smallest absolute Gasteiger partial charge is 0.0576 e. The standard InChI is InChI=1S/C48H44N2/c1-5-7-13-33-19-23-35(24-20-33)45-29-37-27-42-38(28-41(37)47-31(3)39-15-9-11-17-43(39)49(45)47)30-46(36-25-21-34(22-26-36)14-8-6-2)50-44-18-12-10-16-40(44)32(4)48(42)50/h9-12,15-30H,5-8,13-14H2,1-4H3. The fourth-order valence-electron chi connectivity index (χ4n) is 8.53. The predicted octanol–water partition coefficient (Wildman–Crippen LogP) is 13.4. The molecule has 0 amide bonds. The van der Waals surface area contributed by atoms with Crippen molar-refractivity contribution in [1.82, 2.24) is 8.80 Å². The molecule has 0 saturated carbocycles. The van der Waals surface area contributed by atoms with E-state index in [1.165, 1.54) is 125 Å². The lowest BCUT2D eigenvalue weighted by Crippen LogP contribution is -1.97. The number of aromatic nitrogens is 2. The second-order valence-electron chi connectivity index (χ2n) is 14.3. The summed E-state index contributed by atoms with van der Waals surface area (Å²) in [6.45, 7) is 9.14. The zero-order valence-electron chi connectivity index (χ0n) is 29.7. The van der Waals surface area contributed by atoms with Gasteiger partial charge in [0.1, 0.15) is 0 Å². The molecule has 5 aromatic carbocycles. The molecule has 0 bridgehead atoms. The van der Waals surface area contributed by atoms with E-state index in [1.54, 1.807) is 0 Å². The summed E-state index contributed by atoms with van der Waals surface area (Å²) in [5.41, 5.74) is 15.6. The average Bonchev–Trinajstić information content (AvgIpc) is 3.63. The fraction of sp³-hybridized carbons (Fsp3) is 0.208. The molecule has 0 radical (unpaired) electrons. The van der Waals surface area contributed by atoms with Gasteiger partial charge in [0.05, 0.1) is 33.5 Å². The van der Waals surface area contributed by atoms with Gasteiger partial charge >= 0.3 is 0 Å². The Kier molecular flexibility index (Phi) is 7.50. The van der Waals surface area contributed by atoms with Crippen molar-refractivity contribution < 1.29 is 0 Å². The minimum absolute atomic E-state index is 1.13. The normalized spacial score (nSPS) is 12.1. The molecule has 0 saturated heterocycles. The van der Waals surface area contributed by atoms with Crippen LogP contribution in [-0.2, 0) is 12.8 Å². The summed E-state index contributed by atoms with van der Waals surface area (Å²) in [5, 5.41) is 7.78. The summed E-state index contributed by atoms with van der Waals surface area (Å²) in [5.74, 6) is 0. The predicted molar refractivity (Wildman–Crippen MR) is 216 cm³/mol. The summed E-state index contributed by atoms with van der Waals surface area (Å²) in [7, 11) is 0. The third kappa shape index (κ3) is 4.76. The van der Waals surface area contributed by atoms with Crippen molar-refractivity contribution in [2.45, 2.75) is 66.2 Å². The molecule has 0 fully saturated rings. The summed E-state index contributed by atoms with van der Waals surface area (Å²) >= 11 is 0. The Morgan fingerprint density at radius 2 is 0.840 bits per heavy atom. The molecule has 50 heavy (non-hydrogen) atoms. The van der Waals surface area contributed by atoms with E-state index in [0.29, 0.717) is 0 Å². The van der Waals surface area contributed by atoms with Crippen LogP contribution < -0.4 is 0 Å². The van der Waals surface area contributed by atoms with E-state index in [2.05, 4.69) is 158 Å². The van der Waals surface area contributed by atoms with Crippen LogP contribution in [-0.4, -0.2) is 8.80 Å². The minimum atomic E-state index is 1.13. The van der Waals surface area contributed by atoms with Crippen LogP contribution in [0.5, 0.6) is 0 Å². The molecule has 9 aromatic rings. The first kappa shape index (κ1) is 30.7. The number of para-hydroxylation sites is 2. The Balaban J connectivity index is 1.37. The number of unbranched alkanes of at least 4 members (excludes halogenated alkanes) is 2. The highest BCUT2D eigenvalue weighted by Crippen LogP contribution is 2.42. The molecular formula is C48H44N2. The molecule has 4 aromatic heterocycles. The molecule has 2 nitrogen and oxygen atoms in total. The lowest BCUT2D eigenvalue weighted by molar-refractivity contribution is 0.795. The highest BCUT2D eigenvalue weighted by Gasteiger charge is 2.20. The van der Waals surface area contributed by atoms with Gasteiger partial charge in [0.25, 0.3) is 0 Å². The van der Waals surface area contributed by atoms with Crippen LogP contribution in [0.25, 0.3) is 76.9 Å². The molecule has 0 aliphatic rings. The molecule has 9 rings (SSSR count). The van der Waals surface area contributed by atoms with E-state index >= 15 is 0 Å². The fourth-order valence-corrected chi connectivity index (χ4v) is 8.53. The first-order chi connectivity index (χ1) is 24.6. The summed E-state index contributed by atoms with van der Waals surface area (Å²) < 4.78 is 5.04. The lowest BCUT2D eigenvalue weighted by atomic mass is 9.97. The molecule has 0 N–H and O–H groups in total. The van der Waals surface area contributed by atoms with Gasteiger partial charge in [0.15, 0.2) is 0 Å². The Morgan fingerprint density at radius 1 is 0.440 bits per heavy atom. The lowest BCUT2D eigenvalue weighted by Gasteiger charge is -2.16. The first-order valence-corrected chi connectivity index (χ1v) is 18.6. The topological polar surface area (TPSA) is 8.82 Å². The third-order valence-electron chi connectivity index (χ3n) is 11.2. The molecule has 246 valence electrons. The highest BCUT2D eigenvalue weighted by molar-refractivity contribution is 6.16. The number of nitrogens with zero attached hydrogens (tertiary/aromatic N) is 2. The summed E-state index contributed by atoms with van der Waals surface area (Å²) in [4.78, 5) is 0. The van der Waals surface area contributed by atoms with Gasteiger partial charge in [-0.25, -0.2) is 0 Å². The molecule has 0 aliphatic carbocycles. The molecule has 0 spiro atoms. The molecule has 4 heterocycles. The van der Waals surface area contributed by atoms with Crippen LogP contribution in [0, 0.1) is 13.8 Å². The number of hydrogen-bond donors (Lipinski definition) is 0. The zero-order valence-corrected chi connectivity index (χ0v) is 29.7. The van der Waals surface area contributed by atoms with Crippen LogP contribution in [0.1, 0.15) is 61.8 Å². The van der Waals surface area contributed by atoms with Gasteiger partial charge in [-0.2, -0.15) is 0 Å². The van der Waals surface area contributed by atoms with Crippen molar-refractivity contribution in [3.63, 3.8) is 0 Å². The molecule has 0 atom stereocenters. The number of hydrogen-bond acceptors (Lipinski definition) is 0. The van der Waals surface area contributed by atoms with E-state index in [4.69, 9.17) is 0 Å². The Morgan fingerprint density at radius 3 is 1.24 bits per heavy atom. The van der Waals surface area contributed by atoms with Gasteiger partial charge in [-0.3, -0.25) is 0 Å². The third-order valence-corrected chi connectivity index (χ3v) is 11.2. The number of fused-ring (bicyclic) bond motifs is 10. The minimum Gasteiger partial charge on any atom is -0.308 e. The van der Waals surface area contributed by atoms with Crippen molar-refractivity contribution in [3.05, 3.63) is 144 Å². The molecule has 0 unspecified atom stereocenters. The van der Waals surface area contributed by atoms with Crippen LogP contribution in [0.3, 0.4) is 0 Å². The van der Waals surface area contributed by atoms with Crippen LogP contribution in [0.2, 0.25) is 0 Å². The molecule has 2 heteroatoms. The summed E-state index contributed by atoms with van der Waals surface area (Å²) in [6.07, 6.45) is 7.14. The number of benzene rings is 5. The van der Waals surface area contributed by atoms with Gasteiger partial charge in [-0.1, -0.05) is 112 Å². The Labute approximate surface area is 294 Å². The maximum Gasteiger partial charge on any atom is 0.0576 e. The first-order valence-electron chi connectivity index (χ1n) is 18.6. The molecule has 0 aliphatic heterocycles. The zero-order chi connectivity index (χ0) is 33.9. The van der Waals surface area contributed by atoms with E-state index in [1.807, 2.05) is 0 Å². The Bertz CT molecular complexity index is 2530. The number of pyridine rings is 2. The van der Waals surface area contributed by atoms with Gasteiger partial charge in [-0.15, -0.1) is 0 Å². The average molecular weight is 649 g/mol. The van der Waals surface area contributed by atoms with E-state index in [9.17, 15) is 0 Å². The molecular weight excluding hydrogens is 605 g/mol. The van der Waals surface area contributed by atoms with Gasteiger partial charge in [0.2, 0.25) is 0 Å². The van der Waals surface area contributed by atoms with Crippen LogP contribution in [0.4, 0.5) is 0 Å². The van der Waals surface area contributed by atoms with Crippen molar-refractivity contribution in [2.24, 2.45) is 0 Å². The van der Waals surface area contributed by atoms with E-state index in [-0.39, 0.29) is 0 Å². The van der Waals surface area contributed by atoms with Crippen molar-refractivity contribution in [2.75, 3.05) is 0 Å². The quantitative estimate of drug-likeness (QED) is 0.145. The monoisotopic (exact) mass is 648 g/mol. The number of aryl methyl sites for hydroxylation is 4.